The van der Waals surface area contributed by atoms with Gasteiger partial charge < -0.3 is 19.0 Å². The molecule has 1 N–H and O–H groups in total. The predicted octanol–water partition coefficient (Wildman–Crippen LogP) is 2.40. The third-order valence-electron chi connectivity index (χ3n) is 5.19. The summed E-state index contributed by atoms with van der Waals surface area (Å²) < 4.78 is 38.4. The summed E-state index contributed by atoms with van der Waals surface area (Å²) in [4.78, 5) is 29.7. The van der Waals surface area contributed by atoms with E-state index in [2.05, 4.69) is 10.3 Å². The zero-order chi connectivity index (χ0) is 24.3. The summed E-state index contributed by atoms with van der Waals surface area (Å²) in [6.07, 6.45) is 1.38. The number of benzene rings is 1. The number of hydrogen-bond donors (Lipinski definition) is 1. The molecule has 3 rings (SSSR count). The van der Waals surface area contributed by atoms with E-state index in [0.717, 1.165) is 9.82 Å². The Morgan fingerprint density at radius 3 is 2.55 bits per heavy atom. The van der Waals surface area contributed by atoms with Crippen LogP contribution in [0.2, 0.25) is 0 Å². The minimum atomic E-state index is -3.60. The number of amides is 1. The number of imidazole rings is 1. The molecule has 0 saturated carbocycles. The van der Waals surface area contributed by atoms with Gasteiger partial charge in [0.1, 0.15) is 18.5 Å². The highest BCUT2D eigenvalue weighted by molar-refractivity contribution is 7.89. The molecule has 0 fully saturated rings. The number of esters is 1. The molecule has 1 atom stereocenters. The lowest BCUT2D eigenvalue weighted by Gasteiger charge is -2.20. The van der Waals surface area contributed by atoms with E-state index in [9.17, 15) is 18.0 Å². The first kappa shape index (κ1) is 24.5. The number of sulfonamides is 1. The maximum atomic E-state index is 12.7. The van der Waals surface area contributed by atoms with Crippen molar-refractivity contribution in [1.29, 1.82) is 0 Å². The topological polar surface area (TPSA) is 124 Å². The van der Waals surface area contributed by atoms with Crippen molar-refractivity contribution in [2.75, 3.05) is 14.1 Å². The van der Waals surface area contributed by atoms with Crippen LogP contribution in [0.15, 0.2) is 45.9 Å². The molecule has 11 heteroatoms. The number of furan rings is 1. The average Bonchev–Trinajstić information content (AvgIpc) is 3.42. The molecule has 1 aromatic carbocycles. The molecule has 0 saturated heterocycles. The molecule has 0 aliphatic heterocycles. The zero-order valence-corrected chi connectivity index (χ0v) is 20.0. The Morgan fingerprint density at radius 1 is 1.24 bits per heavy atom. The van der Waals surface area contributed by atoms with Crippen LogP contribution in [-0.4, -0.2) is 54.3 Å². The molecule has 0 bridgehead atoms. The van der Waals surface area contributed by atoms with Crippen LogP contribution in [0.1, 0.15) is 37.2 Å². The Kier molecular flexibility index (Phi) is 7.23. The van der Waals surface area contributed by atoms with E-state index in [1.807, 2.05) is 11.5 Å². The van der Waals surface area contributed by atoms with Crippen molar-refractivity contribution >= 4 is 32.9 Å². The van der Waals surface area contributed by atoms with Crippen molar-refractivity contribution in [2.24, 2.45) is 5.92 Å². The number of aromatic nitrogens is 2. The summed E-state index contributed by atoms with van der Waals surface area (Å²) in [6, 6.07) is 6.93. The van der Waals surface area contributed by atoms with Crippen LogP contribution < -0.4 is 5.32 Å². The molecule has 3 aromatic rings. The lowest BCUT2D eigenvalue weighted by Crippen LogP contribution is -2.45. The first-order chi connectivity index (χ1) is 15.6. The number of nitrogens with zero attached hydrogens (tertiary/aromatic N) is 3. The van der Waals surface area contributed by atoms with Gasteiger partial charge in [0, 0.05) is 20.6 Å². The van der Waals surface area contributed by atoms with Gasteiger partial charge in [-0.3, -0.25) is 4.79 Å². The highest BCUT2D eigenvalue weighted by Gasteiger charge is 2.28. The Balaban J connectivity index is 1.80. The van der Waals surface area contributed by atoms with Crippen LogP contribution in [0.25, 0.3) is 11.0 Å². The maximum absolute atomic E-state index is 12.7. The molecule has 0 unspecified atom stereocenters. The summed E-state index contributed by atoms with van der Waals surface area (Å²) >= 11 is 0. The number of nitrogens with one attached hydrogen (secondary N) is 1. The Labute approximate surface area is 192 Å². The molecule has 10 nitrogen and oxygen atoms in total. The van der Waals surface area contributed by atoms with Crippen molar-refractivity contribution in [3.8, 4) is 0 Å². The number of hydrogen-bond acceptors (Lipinski definition) is 7. The molecule has 33 heavy (non-hydrogen) atoms. The third-order valence-corrected chi connectivity index (χ3v) is 7.00. The quantitative estimate of drug-likeness (QED) is 0.470. The second-order valence-electron chi connectivity index (χ2n) is 7.99. The van der Waals surface area contributed by atoms with Crippen LogP contribution in [-0.2, 0) is 32.7 Å². The van der Waals surface area contributed by atoms with Crippen molar-refractivity contribution in [3.63, 3.8) is 0 Å². The molecular weight excluding hydrogens is 448 g/mol. The van der Waals surface area contributed by atoms with Crippen LogP contribution in [0.3, 0.4) is 0 Å². The number of aryl methyl sites for hydroxylation is 1. The molecular formula is C22H28N4O6S. The van der Waals surface area contributed by atoms with Gasteiger partial charge in [-0.05, 0) is 43.2 Å². The molecule has 0 spiro atoms. The fourth-order valence-corrected chi connectivity index (χ4v) is 4.26. The summed E-state index contributed by atoms with van der Waals surface area (Å²) in [5.41, 5.74) is 1.21. The summed E-state index contributed by atoms with van der Waals surface area (Å²) in [6.45, 7) is 5.92. The van der Waals surface area contributed by atoms with E-state index in [1.54, 1.807) is 26.0 Å². The molecule has 178 valence electrons. The van der Waals surface area contributed by atoms with Gasteiger partial charge in [0.05, 0.1) is 22.2 Å². The fraction of sp³-hybridized carbons (Fsp3) is 0.409. The van der Waals surface area contributed by atoms with E-state index in [1.165, 1.54) is 38.6 Å². The van der Waals surface area contributed by atoms with Crippen LogP contribution in [0.5, 0.6) is 0 Å². The summed E-state index contributed by atoms with van der Waals surface area (Å²) in [7, 11) is -0.678. The average molecular weight is 477 g/mol. The normalized spacial score (nSPS) is 12.9. The van der Waals surface area contributed by atoms with Gasteiger partial charge in [0.2, 0.25) is 10.0 Å². The van der Waals surface area contributed by atoms with Crippen LogP contribution in [0, 0.1) is 5.92 Å². The largest absolute Gasteiger partial charge is 0.459 e. The highest BCUT2D eigenvalue weighted by Crippen LogP contribution is 2.23. The van der Waals surface area contributed by atoms with E-state index in [4.69, 9.17) is 9.15 Å². The SMILES string of the molecule is CCn1c(COC(=O)[C@@H](NC(=O)c2ccco2)C(C)C)nc2cc(S(=O)(=O)N(C)C)ccc21. The minimum absolute atomic E-state index is 0.102. The smallest absolute Gasteiger partial charge is 0.329 e. The maximum Gasteiger partial charge on any atom is 0.329 e. The molecule has 0 aliphatic rings. The molecule has 2 heterocycles. The van der Waals surface area contributed by atoms with Gasteiger partial charge in [-0.15, -0.1) is 0 Å². The first-order valence-electron chi connectivity index (χ1n) is 10.5. The Hall–Kier alpha value is -3.18. The lowest BCUT2D eigenvalue weighted by atomic mass is 10.0. The molecule has 0 aliphatic carbocycles. The second kappa shape index (κ2) is 9.75. The number of rotatable bonds is 9. The zero-order valence-electron chi connectivity index (χ0n) is 19.2. The van der Waals surface area contributed by atoms with Crippen molar-refractivity contribution in [1.82, 2.24) is 19.2 Å². The summed E-state index contributed by atoms with van der Waals surface area (Å²) in [5.74, 6) is -0.758. The van der Waals surface area contributed by atoms with E-state index in [-0.39, 0.29) is 23.2 Å². The molecule has 2 aromatic heterocycles. The van der Waals surface area contributed by atoms with Gasteiger partial charge in [-0.25, -0.2) is 22.5 Å². The fourth-order valence-electron chi connectivity index (χ4n) is 3.34. The van der Waals surface area contributed by atoms with Crippen molar-refractivity contribution in [3.05, 3.63) is 48.2 Å². The van der Waals surface area contributed by atoms with E-state index < -0.39 is 27.9 Å². The van der Waals surface area contributed by atoms with Crippen LogP contribution in [0.4, 0.5) is 0 Å². The highest BCUT2D eigenvalue weighted by atomic mass is 32.2. The second-order valence-corrected chi connectivity index (χ2v) is 10.1. The molecule has 0 radical (unpaired) electrons. The number of carbonyl (C=O) groups is 2. The van der Waals surface area contributed by atoms with Gasteiger partial charge in [0.15, 0.2) is 5.76 Å². The summed E-state index contributed by atoms with van der Waals surface area (Å²) in [5, 5.41) is 2.64. The van der Waals surface area contributed by atoms with E-state index in [0.29, 0.717) is 17.9 Å². The van der Waals surface area contributed by atoms with E-state index >= 15 is 0 Å². The molecule has 1 amide bonds. The van der Waals surface area contributed by atoms with Gasteiger partial charge >= 0.3 is 5.97 Å². The monoisotopic (exact) mass is 476 g/mol. The van der Waals surface area contributed by atoms with Gasteiger partial charge in [0.25, 0.3) is 5.91 Å². The predicted molar refractivity (Wildman–Crippen MR) is 121 cm³/mol. The van der Waals surface area contributed by atoms with Gasteiger partial charge in [-0.1, -0.05) is 13.8 Å². The van der Waals surface area contributed by atoms with Crippen molar-refractivity contribution < 1.29 is 27.2 Å². The third kappa shape index (κ3) is 5.09. The number of ether oxygens (including phenoxy) is 1. The van der Waals surface area contributed by atoms with Crippen molar-refractivity contribution in [2.45, 2.75) is 44.9 Å². The van der Waals surface area contributed by atoms with Gasteiger partial charge in [-0.2, -0.15) is 0 Å². The number of fused-ring (bicyclic) bond motifs is 1. The Morgan fingerprint density at radius 2 is 1.97 bits per heavy atom. The Bertz CT molecular complexity index is 1250. The minimum Gasteiger partial charge on any atom is -0.459 e. The van der Waals surface area contributed by atoms with Crippen LogP contribution >= 0.6 is 0 Å². The lowest BCUT2D eigenvalue weighted by molar-refractivity contribution is -0.148. The first-order valence-corrected chi connectivity index (χ1v) is 11.9. The number of carbonyl (C=O) groups excluding carboxylic acids is 2. The standard InChI is InChI=1S/C22H28N4O6S/c1-6-26-17-10-9-15(33(29,30)25(4)5)12-16(17)23-19(26)13-32-22(28)20(14(2)3)24-21(27)18-8-7-11-31-18/h7-12,14,20H,6,13H2,1-5H3,(H,24,27)/t20-/m0/s1.